The van der Waals surface area contributed by atoms with Crippen LogP contribution in [0.1, 0.15) is 29.0 Å². The average Bonchev–Trinajstić information content (AvgIpc) is 3.38. The van der Waals surface area contributed by atoms with Gasteiger partial charge in [-0.15, -0.1) is 23.1 Å². The first-order valence-electron chi connectivity index (χ1n) is 12.3. The number of carbonyl (C=O) groups excluding carboxylic acids is 3. The van der Waals surface area contributed by atoms with Gasteiger partial charge in [-0.1, -0.05) is 60.7 Å². The summed E-state index contributed by atoms with van der Waals surface area (Å²) in [5.41, 5.74) is 2.98. The van der Waals surface area contributed by atoms with Crippen molar-refractivity contribution in [2.75, 3.05) is 17.2 Å². The number of hydrogen-bond donors (Lipinski definition) is 2. The summed E-state index contributed by atoms with van der Waals surface area (Å²) in [5.74, 6) is -0.816. The number of hydrogen-bond acceptors (Lipinski definition) is 7. The number of ether oxygens (including phenoxy) is 1. The van der Waals surface area contributed by atoms with Gasteiger partial charge < -0.3 is 15.4 Å². The number of benzene rings is 3. The van der Waals surface area contributed by atoms with E-state index in [0.29, 0.717) is 23.1 Å². The lowest BCUT2D eigenvalue weighted by Crippen LogP contribution is -2.19. The molecule has 3 aromatic carbocycles. The fraction of sp³-hybridized carbons (Fsp3) is 0.133. The second-order valence-electron chi connectivity index (χ2n) is 8.28. The van der Waals surface area contributed by atoms with E-state index in [1.54, 1.807) is 30.5 Å². The topological polar surface area (TPSA) is 97.4 Å². The Hall–Kier alpha value is -4.21. The molecule has 39 heavy (non-hydrogen) atoms. The first-order chi connectivity index (χ1) is 19.0. The van der Waals surface area contributed by atoms with Crippen LogP contribution >= 0.6 is 23.1 Å². The van der Waals surface area contributed by atoms with Crippen LogP contribution in [-0.2, 0) is 25.5 Å². The van der Waals surface area contributed by atoms with Crippen molar-refractivity contribution in [1.82, 2.24) is 4.98 Å². The van der Waals surface area contributed by atoms with E-state index < -0.39 is 5.25 Å². The third kappa shape index (κ3) is 8.66. The molecule has 4 aromatic rings. The maximum Gasteiger partial charge on any atom is 0.311 e. The van der Waals surface area contributed by atoms with E-state index in [2.05, 4.69) is 15.6 Å². The highest BCUT2D eigenvalue weighted by Crippen LogP contribution is 2.37. The normalized spacial score (nSPS) is 11.6. The number of nitrogens with one attached hydrogen (secondary N) is 2. The predicted molar refractivity (Wildman–Crippen MR) is 157 cm³/mol. The van der Waals surface area contributed by atoms with Gasteiger partial charge in [0.1, 0.15) is 5.25 Å². The number of esters is 1. The van der Waals surface area contributed by atoms with Crippen molar-refractivity contribution in [3.8, 4) is 0 Å². The lowest BCUT2D eigenvalue weighted by atomic mass is 10.1. The maximum atomic E-state index is 13.3. The molecule has 2 N–H and O–H groups in total. The van der Waals surface area contributed by atoms with E-state index in [1.165, 1.54) is 29.2 Å². The number of thiazole rings is 1. The maximum absolute atomic E-state index is 13.3. The van der Waals surface area contributed by atoms with E-state index in [4.69, 9.17) is 4.74 Å². The largest absolute Gasteiger partial charge is 0.466 e. The van der Waals surface area contributed by atoms with Gasteiger partial charge in [0.15, 0.2) is 5.13 Å². The van der Waals surface area contributed by atoms with Crippen molar-refractivity contribution < 1.29 is 19.1 Å². The van der Waals surface area contributed by atoms with Gasteiger partial charge in [0.05, 0.1) is 18.7 Å². The second-order valence-corrected chi connectivity index (χ2v) is 10.3. The molecule has 7 nitrogen and oxygen atoms in total. The molecule has 1 aromatic heterocycles. The molecule has 0 saturated carbocycles. The van der Waals surface area contributed by atoms with Gasteiger partial charge in [-0.2, -0.15) is 0 Å². The van der Waals surface area contributed by atoms with Crippen LogP contribution in [-0.4, -0.2) is 29.4 Å². The van der Waals surface area contributed by atoms with Crippen LogP contribution in [0.25, 0.3) is 6.08 Å². The molecule has 2 amide bonds. The molecule has 198 valence electrons. The Bertz CT molecular complexity index is 1420. The smallest absolute Gasteiger partial charge is 0.311 e. The zero-order valence-electron chi connectivity index (χ0n) is 21.2. The number of amides is 2. The highest BCUT2D eigenvalue weighted by molar-refractivity contribution is 8.00. The third-order valence-electron chi connectivity index (χ3n) is 5.36. The molecule has 0 aliphatic rings. The molecule has 0 saturated heterocycles. The van der Waals surface area contributed by atoms with Gasteiger partial charge in [-0.25, -0.2) is 4.98 Å². The van der Waals surface area contributed by atoms with Crippen molar-refractivity contribution in [3.05, 3.63) is 113 Å². The lowest BCUT2D eigenvalue weighted by molar-refractivity contribution is -0.142. The van der Waals surface area contributed by atoms with E-state index >= 15 is 0 Å². The SMILES string of the molecule is CCOC(=O)Cc1csc(NC(=O)C(Sc2ccc(NC(=O)/C=C/c3ccccc3)cc2)c2ccccc2)n1. The first kappa shape index (κ1) is 27.8. The molecule has 0 aliphatic heterocycles. The fourth-order valence-corrected chi connectivity index (χ4v) is 5.29. The highest BCUT2D eigenvalue weighted by atomic mass is 32.2. The molecule has 1 atom stereocenters. The van der Waals surface area contributed by atoms with Crippen molar-refractivity contribution in [2.45, 2.75) is 23.5 Å². The van der Waals surface area contributed by atoms with Crippen LogP contribution in [0.3, 0.4) is 0 Å². The number of nitrogens with zero attached hydrogens (tertiary/aromatic N) is 1. The second kappa shape index (κ2) is 14.1. The van der Waals surface area contributed by atoms with Crippen LogP contribution in [0, 0.1) is 0 Å². The van der Waals surface area contributed by atoms with Crippen molar-refractivity contribution in [1.29, 1.82) is 0 Å². The Kier molecular flexibility index (Phi) is 10.0. The van der Waals surface area contributed by atoms with Gasteiger partial charge in [0.2, 0.25) is 11.8 Å². The zero-order chi connectivity index (χ0) is 27.5. The Morgan fingerprint density at radius 3 is 2.33 bits per heavy atom. The summed E-state index contributed by atoms with van der Waals surface area (Å²) in [6, 6.07) is 26.4. The van der Waals surface area contributed by atoms with E-state index in [-0.39, 0.29) is 24.2 Å². The van der Waals surface area contributed by atoms with E-state index in [1.807, 2.05) is 72.8 Å². The molecule has 0 bridgehead atoms. The number of carbonyl (C=O) groups is 3. The van der Waals surface area contributed by atoms with Gasteiger partial charge in [-0.05, 0) is 48.4 Å². The molecule has 0 radical (unpaired) electrons. The van der Waals surface area contributed by atoms with Crippen molar-refractivity contribution in [3.63, 3.8) is 0 Å². The summed E-state index contributed by atoms with van der Waals surface area (Å²) in [6.07, 6.45) is 3.30. The molecule has 9 heteroatoms. The van der Waals surface area contributed by atoms with Crippen molar-refractivity contribution in [2.24, 2.45) is 0 Å². The summed E-state index contributed by atoms with van der Waals surface area (Å²) in [5, 5.41) is 7.34. The Morgan fingerprint density at radius 1 is 0.949 bits per heavy atom. The Labute approximate surface area is 235 Å². The fourth-order valence-electron chi connectivity index (χ4n) is 3.55. The van der Waals surface area contributed by atoms with Crippen LogP contribution < -0.4 is 10.6 Å². The summed E-state index contributed by atoms with van der Waals surface area (Å²) in [7, 11) is 0. The molecule has 1 heterocycles. The molecular weight excluding hydrogens is 530 g/mol. The van der Waals surface area contributed by atoms with Crippen LogP contribution in [0.2, 0.25) is 0 Å². The molecule has 0 fully saturated rings. The molecule has 4 rings (SSSR count). The predicted octanol–water partition coefficient (Wildman–Crippen LogP) is 6.37. The minimum atomic E-state index is -0.544. The van der Waals surface area contributed by atoms with Crippen LogP contribution in [0.15, 0.2) is 101 Å². The molecule has 0 aliphatic carbocycles. The Balaban J connectivity index is 1.40. The molecular formula is C30H27N3O4S2. The summed E-state index contributed by atoms with van der Waals surface area (Å²) >= 11 is 2.65. The third-order valence-corrected chi connectivity index (χ3v) is 7.43. The minimum absolute atomic E-state index is 0.0575. The average molecular weight is 558 g/mol. The van der Waals surface area contributed by atoms with Gasteiger partial charge in [0.25, 0.3) is 0 Å². The first-order valence-corrected chi connectivity index (χ1v) is 14.0. The van der Waals surface area contributed by atoms with Crippen molar-refractivity contribution >= 4 is 57.8 Å². The monoisotopic (exact) mass is 557 g/mol. The molecule has 0 spiro atoms. The number of rotatable bonds is 11. The summed E-state index contributed by atoms with van der Waals surface area (Å²) in [6.45, 7) is 2.06. The summed E-state index contributed by atoms with van der Waals surface area (Å²) < 4.78 is 4.97. The number of aromatic nitrogens is 1. The van der Waals surface area contributed by atoms with Gasteiger partial charge in [-0.3, -0.25) is 14.4 Å². The van der Waals surface area contributed by atoms with Gasteiger partial charge in [0, 0.05) is 22.0 Å². The number of anilines is 2. The lowest BCUT2D eigenvalue weighted by Gasteiger charge is -2.16. The minimum Gasteiger partial charge on any atom is -0.466 e. The summed E-state index contributed by atoms with van der Waals surface area (Å²) in [4.78, 5) is 42.6. The van der Waals surface area contributed by atoms with Crippen LogP contribution in [0.4, 0.5) is 10.8 Å². The van der Waals surface area contributed by atoms with Crippen LogP contribution in [0.5, 0.6) is 0 Å². The van der Waals surface area contributed by atoms with E-state index in [0.717, 1.165) is 16.0 Å². The number of thioether (sulfide) groups is 1. The van der Waals surface area contributed by atoms with Gasteiger partial charge >= 0.3 is 5.97 Å². The quantitative estimate of drug-likeness (QED) is 0.126. The highest BCUT2D eigenvalue weighted by Gasteiger charge is 2.23. The zero-order valence-corrected chi connectivity index (χ0v) is 22.8. The Morgan fingerprint density at radius 2 is 1.64 bits per heavy atom. The standard InChI is InChI=1S/C30H27N3O4S2/c1-2-37-27(35)19-24-20-38-30(32-24)33-29(36)28(22-11-7-4-8-12-22)39-25-16-14-23(15-17-25)31-26(34)18-13-21-9-5-3-6-10-21/h3-18,20,28H,2,19H2,1H3,(H,31,34)(H,32,33,36)/b18-13+. The molecule has 1 unspecified atom stereocenters. The van der Waals surface area contributed by atoms with E-state index in [9.17, 15) is 14.4 Å².